The number of thiophene rings is 1. The van der Waals surface area contributed by atoms with Crippen LogP contribution >= 0.6 is 11.3 Å². The molecule has 0 saturated heterocycles. The minimum Gasteiger partial charge on any atom is -0.355 e. The molecular formula is C47H37N5S. The van der Waals surface area contributed by atoms with Crippen molar-refractivity contribution in [2.24, 2.45) is 4.99 Å². The number of hydrogen-bond acceptors (Lipinski definition) is 5. The summed E-state index contributed by atoms with van der Waals surface area (Å²) in [6.45, 7) is 0.470. The molecular weight excluding hydrogens is 667 g/mol. The maximum absolute atomic E-state index is 9.57. The lowest BCUT2D eigenvalue weighted by atomic mass is 9.96. The van der Waals surface area contributed by atoms with Crippen LogP contribution in [0.2, 0.25) is 0 Å². The molecule has 1 unspecified atom stereocenters. The van der Waals surface area contributed by atoms with Crippen molar-refractivity contribution in [3.05, 3.63) is 192 Å². The van der Waals surface area contributed by atoms with Gasteiger partial charge in [0.2, 0.25) is 0 Å². The van der Waals surface area contributed by atoms with Gasteiger partial charge in [-0.05, 0) is 77.3 Å². The van der Waals surface area contributed by atoms with Gasteiger partial charge in [0.05, 0.1) is 18.2 Å². The second kappa shape index (κ2) is 15.4. The van der Waals surface area contributed by atoms with E-state index in [-0.39, 0.29) is 6.17 Å². The second-order valence-corrected chi connectivity index (χ2v) is 13.9. The predicted molar refractivity (Wildman–Crippen MR) is 223 cm³/mol. The lowest BCUT2D eigenvalue weighted by Gasteiger charge is -2.21. The number of nitrogens with zero attached hydrogens (tertiary/aromatic N) is 2. The maximum atomic E-state index is 9.57. The van der Waals surface area contributed by atoms with E-state index in [1.54, 1.807) is 0 Å². The fourth-order valence-electron chi connectivity index (χ4n) is 6.73. The summed E-state index contributed by atoms with van der Waals surface area (Å²) in [6, 6.07) is 61.0. The second-order valence-electron chi connectivity index (χ2n) is 12.9. The molecule has 0 fully saturated rings. The molecule has 0 aliphatic heterocycles. The van der Waals surface area contributed by atoms with Crippen LogP contribution in [0.4, 0.5) is 11.4 Å². The van der Waals surface area contributed by atoms with Gasteiger partial charge < -0.3 is 10.6 Å². The highest BCUT2D eigenvalue weighted by Crippen LogP contribution is 2.42. The van der Waals surface area contributed by atoms with E-state index in [1.165, 1.54) is 31.3 Å². The van der Waals surface area contributed by atoms with Gasteiger partial charge in [-0.15, -0.1) is 11.3 Å². The zero-order valence-electron chi connectivity index (χ0n) is 29.3. The smallest absolute Gasteiger partial charge is 0.130 e. The van der Waals surface area contributed by atoms with E-state index in [4.69, 9.17) is 4.99 Å². The van der Waals surface area contributed by atoms with Crippen LogP contribution in [0.3, 0.4) is 0 Å². The highest BCUT2D eigenvalue weighted by Gasteiger charge is 2.15. The maximum Gasteiger partial charge on any atom is 0.130 e. The molecule has 53 heavy (non-hydrogen) atoms. The minimum absolute atomic E-state index is 0.157. The largest absolute Gasteiger partial charge is 0.355 e. The summed E-state index contributed by atoms with van der Waals surface area (Å²) in [7, 11) is 1.92. The molecule has 6 heteroatoms. The zero-order valence-corrected chi connectivity index (χ0v) is 30.1. The third-order valence-electron chi connectivity index (χ3n) is 9.44. The van der Waals surface area contributed by atoms with Gasteiger partial charge in [0.15, 0.2) is 0 Å². The van der Waals surface area contributed by atoms with Crippen molar-refractivity contribution < 1.29 is 0 Å². The third kappa shape index (κ3) is 7.31. The highest BCUT2D eigenvalue weighted by atomic mass is 32.1. The fourth-order valence-corrected chi connectivity index (χ4v) is 7.97. The molecule has 0 aliphatic carbocycles. The number of amidine groups is 1. The average molecular weight is 704 g/mol. The predicted octanol–water partition coefficient (Wildman–Crippen LogP) is 11.5. The number of hydrogen-bond donors (Lipinski definition) is 3. The number of anilines is 2. The van der Waals surface area contributed by atoms with Crippen LogP contribution in [0.25, 0.3) is 42.4 Å². The lowest BCUT2D eigenvalue weighted by Crippen LogP contribution is -2.37. The number of fused-ring (bicyclic) bond motifs is 3. The van der Waals surface area contributed by atoms with E-state index in [0.717, 1.165) is 39.2 Å². The van der Waals surface area contributed by atoms with Gasteiger partial charge in [0, 0.05) is 42.7 Å². The Labute approximate surface area is 313 Å². The van der Waals surface area contributed by atoms with Crippen LogP contribution in [0.5, 0.6) is 0 Å². The van der Waals surface area contributed by atoms with Gasteiger partial charge in [0.25, 0.3) is 0 Å². The summed E-state index contributed by atoms with van der Waals surface area (Å²) in [5, 5.41) is 22.8. The minimum atomic E-state index is -0.157. The van der Waals surface area contributed by atoms with Gasteiger partial charge in [-0.1, -0.05) is 127 Å². The van der Waals surface area contributed by atoms with E-state index in [2.05, 4.69) is 149 Å². The molecule has 7 aromatic carbocycles. The molecule has 0 amide bonds. The van der Waals surface area contributed by atoms with Crippen LogP contribution < -0.4 is 16.0 Å². The Hall–Kier alpha value is -6.52. The average Bonchev–Trinajstić information content (AvgIpc) is 3.61. The molecule has 0 spiro atoms. The molecule has 1 atom stereocenters. The Balaban J connectivity index is 1.07. The van der Waals surface area contributed by atoms with Crippen molar-refractivity contribution >= 4 is 48.7 Å². The molecule has 0 bridgehead atoms. The molecule has 0 aliphatic rings. The molecule has 5 nitrogen and oxygen atoms in total. The highest BCUT2D eigenvalue weighted by molar-refractivity contribution is 7.26. The number of benzene rings is 7. The first-order valence-electron chi connectivity index (χ1n) is 17.7. The Morgan fingerprint density at radius 3 is 2.21 bits per heavy atom. The Morgan fingerprint density at radius 2 is 1.42 bits per heavy atom. The van der Waals surface area contributed by atoms with Crippen molar-refractivity contribution in [1.82, 2.24) is 10.6 Å². The molecule has 0 saturated carbocycles. The SMILES string of the molecule is CNC(NC(=NCc1ccc(Nc2ccc(-c3cccc4c3sc3ccccc34)cc2-c2ccccc2)cc1)c1cccc(C#N)c1)c1ccccc1. The fraction of sp³-hybridized carbons (Fsp3) is 0.0638. The van der Waals surface area contributed by atoms with Crippen molar-refractivity contribution in [3.63, 3.8) is 0 Å². The summed E-state index contributed by atoms with van der Waals surface area (Å²) >= 11 is 1.86. The van der Waals surface area contributed by atoms with E-state index in [0.29, 0.717) is 17.9 Å². The molecule has 3 N–H and O–H groups in total. The molecule has 8 aromatic rings. The number of aliphatic imine (C=N–C) groups is 1. The number of rotatable bonds is 10. The van der Waals surface area contributed by atoms with Gasteiger partial charge in [0.1, 0.15) is 12.0 Å². The molecule has 256 valence electrons. The summed E-state index contributed by atoms with van der Waals surface area (Å²) < 4.78 is 2.62. The summed E-state index contributed by atoms with van der Waals surface area (Å²) in [5.41, 5.74) is 10.4. The van der Waals surface area contributed by atoms with E-state index in [1.807, 2.05) is 60.8 Å². The number of nitriles is 1. The van der Waals surface area contributed by atoms with Crippen molar-refractivity contribution in [2.75, 3.05) is 12.4 Å². The molecule has 0 radical (unpaired) electrons. The van der Waals surface area contributed by atoms with E-state index in [9.17, 15) is 5.26 Å². The quantitative estimate of drug-likeness (QED) is 0.0753. The molecule has 8 rings (SSSR count). The van der Waals surface area contributed by atoms with Crippen LogP contribution in [0.1, 0.15) is 28.4 Å². The van der Waals surface area contributed by atoms with Gasteiger partial charge in [-0.25, -0.2) is 0 Å². The summed E-state index contributed by atoms with van der Waals surface area (Å²) in [5.74, 6) is 0.714. The third-order valence-corrected chi connectivity index (χ3v) is 10.7. The topological polar surface area (TPSA) is 72.2 Å². The van der Waals surface area contributed by atoms with Crippen molar-refractivity contribution in [3.8, 4) is 28.3 Å². The zero-order chi connectivity index (χ0) is 36.0. The monoisotopic (exact) mass is 703 g/mol. The van der Waals surface area contributed by atoms with Crippen LogP contribution in [0, 0.1) is 11.3 Å². The van der Waals surface area contributed by atoms with Crippen LogP contribution in [0.15, 0.2) is 175 Å². The normalized spacial score (nSPS) is 12.0. The van der Waals surface area contributed by atoms with Gasteiger partial charge in [-0.3, -0.25) is 10.3 Å². The van der Waals surface area contributed by atoms with Crippen molar-refractivity contribution in [1.29, 1.82) is 5.26 Å². The Bertz CT molecular complexity index is 2590. The van der Waals surface area contributed by atoms with Gasteiger partial charge >= 0.3 is 0 Å². The lowest BCUT2D eigenvalue weighted by molar-refractivity contribution is 0.559. The molecule has 1 heterocycles. The number of nitrogens with one attached hydrogen (secondary N) is 3. The van der Waals surface area contributed by atoms with E-state index >= 15 is 0 Å². The van der Waals surface area contributed by atoms with Gasteiger partial charge in [-0.2, -0.15) is 5.26 Å². The summed E-state index contributed by atoms with van der Waals surface area (Å²) in [6.07, 6.45) is -0.157. The standard InChI is InChI=1S/C47H37N5S/c1-49-46(35-15-6-3-7-16-35)52-47(37-17-10-12-33(28-37)30-48)50-31-32-22-25-38(26-23-32)51-43-27-24-36(29-42(43)34-13-4-2-5-14-34)39-19-11-20-41-40-18-8-9-21-44(40)53-45(39)41/h2-29,46,49,51H,31H2,1H3,(H,50,52). The van der Waals surface area contributed by atoms with Crippen LogP contribution in [-0.2, 0) is 6.54 Å². The first kappa shape index (κ1) is 33.6. The molecule has 1 aromatic heterocycles. The first-order chi connectivity index (χ1) is 26.2. The van der Waals surface area contributed by atoms with Crippen LogP contribution in [-0.4, -0.2) is 12.9 Å². The Kier molecular flexibility index (Phi) is 9.76. The summed E-state index contributed by atoms with van der Waals surface area (Å²) in [4.78, 5) is 5.03. The first-order valence-corrected chi connectivity index (χ1v) is 18.5. The van der Waals surface area contributed by atoms with E-state index < -0.39 is 0 Å². The van der Waals surface area contributed by atoms with Crippen molar-refractivity contribution in [2.45, 2.75) is 12.7 Å². The Morgan fingerprint density at radius 1 is 0.679 bits per heavy atom.